The highest BCUT2D eigenvalue weighted by atomic mass is 32.2. The van der Waals surface area contributed by atoms with Gasteiger partial charge in [-0.2, -0.15) is 8.42 Å². The molecular formula is C15H18N2O4S. The molecule has 7 heteroatoms. The van der Waals surface area contributed by atoms with Crippen LogP contribution in [0.15, 0.2) is 33.6 Å². The molecule has 0 aromatic heterocycles. The highest BCUT2D eigenvalue weighted by Crippen LogP contribution is 2.30. The Hall–Kier alpha value is -1.89. The Morgan fingerprint density at radius 2 is 2.14 bits per heavy atom. The third-order valence-corrected chi connectivity index (χ3v) is 5.27. The van der Waals surface area contributed by atoms with Gasteiger partial charge in [-0.3, -0.25) is 0 Å². The summed E-state index contributed by atoms with van der Waals surface area (Å²) >= 11 is 0. The average molecular weight is 322 g/mol. The fourth-order valence-electron chi connectivity index (χ4n) is 2.96. The van der Waals surface area contributed by atoms with E-state index in [9.17, 15) is 13.2 Å². The number of ether oxygens (including phenoxy) is 1. The maximum Gasteiger partial charge on any atom is 0.328 e. The van der Waals surface area contributed by atoms with Gasteiger partial charge in [-0.25, -0.2) is 4.79 Å². The minimum absolute atomic E-state index is 0.207. The van der Waals surface area contributed by atoms with Crippen molar-refractivity contribution in [3.63, 3.8) is 0 Å². The predicted octanol–water partition coefficient (Wildman–Crippen LogP) is 1.55. The molecule has 0 aliphatic carbocycles. The summed E-state index contributed by atoms with van der Waals surface area (Å²) in [6, 6.07) is 6.26. The first-order valence-corrected chi connectivity index (χ1v) is 8.86. The lowest BCUT2D eigenvalue weighted by Gasteiger charge is -2.35. The van der Waals surface area contributed by atoms with E-state index in [1.807, 2.05) is 0 Å². The Balaban J connectivity index is 2.00. The van der Waals surface area contributed by atoms with Crippen molar-refractivity contribution >= 4 is 21.8 Å². The fourth-order valence-corrected chi connectivity index (χ4v) is 4.18. The quantitative estimate of drug-likeness (QED) is 0.772. The minimum Gasteiger partial charge on any atom is -0.464 e. The number of rotatable bonds is 2. The summed E-state index contributed by atoms with van der Waals surface area (Å²) in [5.74, 6) is 0.0556. The fraction of sp³-hybridized carbons (Fsp3) is 0.467. The number of carbonyl (C=O) groups excluding carboxylic acids is 1. The molecule has 2 aliphatic heterocycles. The molecule has 1 aromatic rings. The number of hydrogen-bond acceptors (Lipinski definition) is 5. The van der Waals surface area contributed by atoms with Crippen LogP contribution in [0.5, 0.6) is 0 Å². The molecule has 2 heterocycles. The first kappa shape index (κ1) is 15.0. The third kappa shape index (κ3) is 2.49. The van der Waals surface area contributed by atoms with Crippen LogP contribution in [-0.4, -0.2) is 44.3 Å². The Kier molecular flexibility index (Phi) is 3.90. The normalized spacial score (nSPS) is 22.9. The average Bonchev–Trinajstić information content (AvgIpc) is 2.80. The molecule has 2 aliphatic rings. The van der Waals surface area contributed by atoms with E-state index in [-0.39, 0.29) is 10.9 Å². The number of benzene rings is 1. The number of esters is 1. The molecule has 3 rings (SSSR count). The molecule has 118 valence electrons. The van der Waals surface area contributed by atoms with Gasteiger partial charge in [0, 0.05) is 12.1 Å². The van der Waals surface area contributed by atoms with Crippen molar-refractivity contribution in [1.82, 2.24) is 4.90 Å². The Bertz CT molecular complexity index is 727. The van der Waals surface area contributed by atoms with E-state index in [0.717, 1.165) is 12.8 Å². The van der Waals surface area contributed by atoms with E-state index in [1.54, 1.807) is 36.1 Å². The smallest absolute Gasteiger partial charge is 0.328 e. The van der Waals surface area contributed by atoms with E-state index in [1.165, 1.54) is 0 Å². The second-order valence-electron chi connectivity index (χ2n) is 5.34. The predicted molar refractivity (Wildman–Crippen MR) is 81.1 cm³/mol. The van der Waals surface area contributed by atoms with Gasteiger partial charge in [0.15, 0.2) is 5.84 Å². The van der Waals surface area contributed by atoms with Crippen molar-refractivity contribution in [3.8, 4) is 0 Å². The van der Waals surface area contributed by atoms with Crippen LogP contribution in [0.25, 0.3) is 0 Å². The van der Waals surface area contributed by atoms with Crippen molar-refractivity contribution in [2.45, 2.75) is 37.1 Å². The SMILES string of the molecule is CCOC(=O)[C@@H]1CCCCN1C1=NS(=O)(=O)c2ccccc21. The number of piperidine rings is 1. The molecular weight excluding hydrogens is 304 g/mol. The molecule has 6 nitrogen and oxygen atoms in total. The molecule has 1 aromatic carbocycles. The van der Waals surface area contributed by atoms with Gasteiger partial charge in [0.25, 0.3) is 10.0 Å². The zero-order valence-electron chi connectivity index (χ0n) is 12.4. The van der Waals surface area contributed by atoms with Gasteiger partial charge < -0.3 is 9.64 Å². The Labute approximate surface area is 129 Å². The first-order valence-electron chi connectivity index (χ1n) is 7.42. The van der Waals surface area contributed by atoms with E-state index >= 15 is 0 Å². The Morgan fingerprint density at radius 1 is 1.36 bits per heavy atom. The van der Waals surface area contributed by atoms with E-state index in [4.69, 9.17) is 4.74 Å². The lowest BCUT2D eigenvalue weighted by atomic mass is 10.0. The summed E-state index contributed by atoms with van der Waals surface area (Å²) in [5.41, 5.74) is 0.568. The minimum atomic E-state index is -3.67. The highest BCUT2D eigenvalue weighted by Gasteiger charge is 2.38. The molecule has 0 bridgehead atoms. The summed E-state index contributed by atoms with van der Waals surface area (Å²) in [7, 11) is -3.67. The van der Waals surface area contributed by atoms with Crippen molar-refractivity contribution in [3.05, 3.63) is 29.8 Å². The molecule has 0 spiro atoms. The van der Waals surface area contributed by atoms with Crippen LogP contribution in [0, 0.1) is 0 Å². The van der Waals surface area contributed by atoms with Crippen molar-refractivity contribution < 1.29 is 17.9 Å². The lowest BCUT2D eigenvalue weighted by Crippen LogP contribution is -2.48. The van der Waals surface area contributed by atoms with Gasteiger partial charge in [-0.15, -0.1) is 4.40 Å². The second-order valence-corrected chi connectivity index (χ2v) is 6.92. The number of sulfonamides is 1. The summed E-state index contributed by atoms with van der Waals surface area (Å²) in [4.78, 5) is 14.2. The third-order valence-electron chi connectivity index (χ3n) is 3.95. The van der Waals surface area contributed by atoms with Gasteiger partial charge in [0.2, 0.25) is 0 Å². The van der Waals surface area contributed by atoms with Crippen molar-refractivity contribution in [1.29, 1.82) is 0 Å². The molecule has 1 fully saturated rings. The van der Waals surface area contributed by atoms with Crippen molar-refractivity contribution in [2.24, 2.45) is 4.40 Å². The summed E-state index contributed by atoms with van der Waals surface area (Å²) in [6.45, 7) is 2.68. The lowest BCUT2D eigenvalue weighted by molar-refractivity contribution is -0.149. The first-order chi connectivity index (χ1) is 10.5. The topological polar surface area (TPSA) is 76.0 Å². The number of carbonyl (C=O) groups is 1. The Morgan fingerprint density at radius 3 is 2.91 bits per heavy atom. The van der Waals surface area contributed by atoms with Crippen LogP contribution in [0.4, 0.5) is 0 Å². The molecule has 0 unspecified atom stereocenters. The number of fused-ring (bicyclic) bond motifs is 1. The maximum atomic E-state index is 12.2. The summed E-state index contributed by atoms with van der Waals surface area (Å²) in [5, 5.41) is 0. The van der Waals surface area contributed by atoms with Crippen LogP contribution in [0.1, 0.15) is 31.7 Å². The maximum absolute atomic E-state index is 12.2. The monoisotopic (exact) mass is 322 g/mol. The second kappa shape index (κ2) is 5.72. The van der Waals surface area contributed by atoms with Crippen LogP contribution < -0.4 is 0 Å². The zero-order valence-corrected chi connectivity index (χ0v) is 13.2. The van der Waals surface area contributed by atoms with Gasteiger partial charge in [0.1, 0.15) is 10.9 Å². The molecule has 0 amide bonds. The molecule has 1 saturated heterocycles. The largest absolute Gasteiger partial charge is 0.464 e. The van der Waals surface area contributed by atoms with Crippen LogP contribution in [0.3, 0.4) is 0 Å². The van der Waals surface area contributed by atoms with Crippen LogP contribution in [0.2, 0.25) is 0 Å². The summed E-state index contributed by atoms with van der Waals surface area (Å²) < 4.78 is 33.4. The standard InChI is InChI=1S/C15H18N2O4S/c1-2-21-15(18)12-8-5-6-10-17(12)14-11-7-3-4-9-13(11)22(19,20)16-14/h3-4,7,9,12H,2,5-6,8,10H2,1H3/t12-/m0/s1. The molecule has 0 N–H and O–H groups in total. The van der Waals surface area contributed by atoms with Crippen molar-refractivity contribution in [2.75, 3.05) is 13.2 Å². The van der Waals surface area contributed by atoms with Gasteiger partial charge in [-0.1, -0.05) is 12.1 Å². The number of likely N-dealkylation sites (tertiary alicyclic amines) is 1. The molecule has 0 radical (unpaired) electrons. The van der Waals surface area contributed by atoms with Crippen LogP contribution in [-0.2, 0) is 19.6 Å². The van der Waals surface area contributed by atoms with Gasteiger partial charge in [-0.05, 0) is 38.3 Å². The number of nitrogens with zero attached hydrogens (tertiary/aromatic N) is 2. The van der Waals surface area contributed by atoms with E-state index < -0.39 is 16.1 Å². The number of amidine groups is 1. The van der Waals surface area contributed by atoms with E-state index in [0.29, 0.717) is 31.0 Å². The van der Waals surface area contributed by atoms with Gasteiger partial charge >= 0.3 is 5.97 Å². The highest BCUT2D eigenvalue weighted by molar-refractivity contribution is 7.90. The molecule has 22 heavy (non-hydrogen) atoms. The molecule has 0 saturated carbocycles. The van der Waals surface area contributed by atoms with Gasteiger partial charge in [0.05, 0.1) is 6.61 Å². The molecule has 1 atom stereocenters. The van der Waals surface area contributed by atoms with Crippen LogP contribution >= 0.6 is 0 Å². The zero-order chi connectivity index (χ0) is 15.7. The number of hydrogen-bond donors (Lipinski definition) is 0. The van der Waals surface area contributed by atoms with E-state index in [2.05, 4.69) is 4.40 Å². The summed E-state index contributed by atoms with van der Waals surface area (Å²) in [6.07, 6.45) is 2.47.